The molecule has 0 unspecified atom stereocenters. The van der Waals surface area contributed by atoms with Gasteiger partial charge in [-0.25, -0.2) is 0 Å². The van der Waals surface area contributed by atoms with Crippen molar-refractivity contribution in [3.63, 3.8) is 0 Å². The number of amides is 2. The van der Waals surface area contributed by atoms with Crippen LogP contribution in [0.1, 0.15) is 45.1 Å². The van der Waals surface area contributed by atoms with E-state index in [4.69, 9.17) is 0 Å². The van der Waals surface area contributed by atoms with E-state index in [-0.39, 0.29) is 6.04 Å². The van der Waals surface area contributed by atoms with Gasteiger partial charge in [0, 0.05) is 11.7 Å². The summed E-state index contributed by atoms with van der Waals surface area (Å²) in [6, 6.07) is 7.69. The summed E-state index contributed by atoms with van der Waals surface area (Å²) in [6.07, 6.45) is 5.23. The van der Waals surface area contributed by atoms with Crippen molar-refractivity contribution in [2.75, 3.05) is 5.32 Å². The van der Waals surface area contributed by atoms with E-state index in [1.165, 1.54) is 6.42 Å². The average molecular weight is 288 g/mol. The van der Waals surface area contributed by atoms with E-state index in [1.807, 2.05) is 31.2 Å². The fourth-order valence-electron chi connectivity index (χ4n) is 2.89. The SMILES string of the molecule is CCc1ccccc1NC(=O)C(=O)N[C@H]1CCCC[C@H]1C. The summed E-state index contributed by atoms with van der Waals surface area (Å²) < 4.78 is 0. The van der Waals surface area contributed by atoms with Gasteiger partial charge in [0.25, 0.3) is 0 Å². The fourth-order valence-corrected chi connectivity index (χ4v) is 2.89. The lowest BCUT2D eigenvalue weighted by molar-refractivity contribution is -0.137. The van der Waals surface area contributed by atoms with Gasteiger partial charge in [0.2, 0.25) is 0 Å². The van der Waals surface area contributed by atoms with E-state index in [9.17, 15) is 9.59 Å². The van der Waals surface area contributed by atoms with Crippen LogP contribution in [0.4, 0.5) is 5.69 Å². The molecule has 4 heteroatoms. The van der Waals surface area contributed by atoms with Gasteiger partial charge < -0.3 is 10.6 Å². The number of hydrogen-bond acceptors (Lipinski definition) is 2. The van der Waals surface area contributed by atoms with Crippen LogP contribution in [0.2, 0.25) is 0 Å². The summed E-state index contributed by atoms with van der Waals surface area (Å²) in [5.74, 6) is -0.660. The van der Waals surface area contributed by atoms with Crippen LogP contribution in [-0.2, 0) is 16.0 Å². The molecule has 1 aromatic rings. The lowest BCUT2D eigenvalue weighted by Gasteiger charge is -2.29. The van der Waals surface area contributed by atoms with Gasteiger partial charge in [-0.05, 0) is 36.8 Å². The van der Waals surface area contributed by atoms with Crippen molar-refractivity contribution in [3.05, 3.63) is 29.8 Å². The molecule has 0 heterocycles. The Kier molecular flexibility index (Phi) is 5.37. The third-order valence-corrected chi connectivity index (χ3v) is 4.28. The van der Waals surface area contributed by atoms with Gasteiger partial charge in [-0.2, -0.15) is 0 Å². The minimum atomic E-state index is -0.575. The lowest BCUT2D eigenvalue weighted by atomic mass is 9.86. The van der Waals surface area contributed by atoms with Gasteiger partial charge in [0.1, 0.15) is 0 Å². The number of benzene rings is 1. The quantitative estimate of drug-likeness (QED) is 0.840. The molecule has 1 aliphatic carbocycles. The number of nitrogens with one attached hydrogen (secondary N) is 2. The second-order valence-corrected chi connectivity index (χ2v) is 5.81. The van der Waals surface area contributed by atoms with Crippen LogP contribution >= 0.6 is 0 Å². The van der Waals surface area contributed by atoms with E-state index < -0.39 is 11.8 Å². The molecule has 1 aliphatic rings. The van der Waals surface area contributed by atoms with Crippen molar-refractivity contribution < 1.29 is 9.59 Å². The van der Waals surface area contributed by atoms with Crippen molar-refractivity contribution in [1.82, 2.24) is 5.32 Å². The topological polar surface area (TPSA) is 58.2 Å². The van der Waals surface area contributed by atoms with E-state index in [2.05, 4.69) is 17.6 Å². The zero-order chi connectivity index (χ0) is 15.2. The monoisotopic (exact) mass is 288 g/mol. The first-order valence-electron chi connectivity index (χ1n) is 7.81. The Bertz CT molecular complexity index is 513. The van der Waals surface area contributed by atoms with Crippen LogP contribution in [0.5, 0.6) is 0 Å². The predicted octanol–water partition coefficient (Wildman–Crippen LogP) is 2.88. The summed E-state index contributed by atoms with van der Waals surface area (Å²) in [4.78, 5) is 24.1. The predicted molar refractivity (Wildman–Crippen MR) is 84.0 cm³/mol. The molecule has 0 aliphatic heterocycles. The maximum absolute atomic E-state index is 12.0. The molecule has 114 valence electrons. The summed E-state index contributed by atoms with van der Waals surface area (Å²) in [6.45, 7) is 4.16. The second-order valence-electron chi connectivity index (χ2n) is 5.81. The summed E-state index contributed by atoms with van der Waals surface area (Å²) >= 11 is 0. The average Bonchev–Trinajstić information content (AvgIpc) is 2.50. The highest BCUT2D eigenvalue weighted by molar-refractivity contribution is 6.39. The second kappa shape index (κ2) is 7.25. The third kappa shape index (κ3) is 4.06. The molecular formula is C17H24N2O2. The lowest BCUT2D eigenvalue weighted by Crippen LogP contribution is -2.45. The number of anilines is 1. The summed E-state index contributed by atoms with van der Waals surface area (Å²) in [7, 11) is 0. The molecule has 1 aromatic carbocycles. The molecule has 4 nitrogen and oxygen atoms in total. The third-order valence-electron chi connectivity index (χ3n) is 4.28. The van der Waals surface area contributed by atoms with Gasteiger partial charge in [-0.15, -0.1) is 0 Å². The van der Waals surface area contributed by atoms with Crippen LogP contribution in [0.25, 0.3) is 0 Å². The highest BCUT2D eigenvalue weighted by atomic mass is 16.2. The number of carbonyl (C=O) groups is 2. The Balaban J connectivity index is 1.94. The van der Waals surface area contributed by atoms with E-state index >= 15 is 0 Å². The molecule has 2 N–H and O–H groups in total. The first-order valence-corrected chi connectivity index (χ1v) is 7.81. The fraction of sp³-hybridized carbons (Fsp3) is 0.529. The minimum Gasteiger partial charge on any atom is -0.345 e. The molecule has 0 aromatic heterocycles. The van der Waals surface area contributed by atoms with E-state index in [1.54, 1.807) is 0 Å². The molecule has 0 radical (unpaired) electrons. The summed E-state index contributed by atoms with van der Waals surface area (Å²) in [5.41, 5.74) is 1.75. The number of hydrogen-bond donors (Lipinski definition) is 2. The highest BCUT2D eigenvalue weighted by Gasteiger charge is 2.25. The number of carbonyl (C=O) groups excluding carboxylic acids is 2. The molecule has 1 saturated carbocycles. The Morgan fingerprint density at radius 3 is 2.57 bits per heavy atom. The molecule has 0 bridgehead atoms. The Hall–Kier alpha value is -1.84. The largest absolute Gasteiger partial charge is 0.345 e. The van der Waals surface area contributed by atoms with Crippen LogP contribution < -0.4 is 10.6 Å². The Labute approximate surface area is 126 Å². The standard InChI is InChI=1S/C17H24N2O2/c1-3-13-9-5-7-11-15(13)19-17(21)16(20)18-14-10-6-4-8-12(14)2/h5,7,9,11-12,14H,3-4,6,8,10H2,1-2H3,(H,18,20)(H,19,21)/t12-,14+/m1/s1. The van der Waals surface area contributed by atoms with E-state index in [0.717, 1.165) is 36.9 Å². The van der Waals surface area contributed by atoms with Crippen molar-refractivity contribution in [2.45, 2.75) is 52.0 Å². The van der Waals surface area contributed by atoms with Gasteiger partial charge in [0.05, 0.1) is 0 Å². The minimum absolute atomic E-state index is 0.124. The van der Waals surface area contributed by atoms with Gasteiger partial charge in [-0.1, -0.05) is 44.9 Å². The van der Waals surface area contributed by atoms with Gasteiger partial charge in [-0.3, -0.25) is 9.59 Å². The number of rotatable bonds is 3. The number of para-hydroxylation sites is 1. The van der Waals surface area contributed by atoms with Crippen LogP contribution in [0.15, 0.2) is 24.3 Å². The van der Waals surface area contributed by atoms with Crippen LogP contribution in [-0.4, -0.2) is 17.9 Å². The molecule has 0 saturated heterocycles. The molecule has 2 atom stereocenters. The van der Waals surface area contributed by atoms with E-state index in [0.29, 0.717) is 5.92 Å². The van der Waals surface area contributed by atoms with Crippen LogP contribution in [0, 0.1) is 5.92 Å². The molecule has 1 fully saturated rings. The zero-order valence-corrected chi connectivity index (χ0v) is 12.8. The maximum Gasteiger partial charge on any atom is 0.313 e. The van der Waals surface area contributed by atoms with Crippen LogP contribution in [0.3, 0.4) is 0 Å². The molecular weight excluding hydrogens is 264 g/mol. The maximum atomic E-state index is 12.0. The first kappa shape index (κ1) is 15.5. The smallest absolute Gasteiger partial charge is 0.313 e. The van der Waals surface area contributed by atoms with Crippen molar-refractivity contribution in [2.24, 2.45) is 5.92 Å². The van der Waals surface area contributed by atoms with Crippen molar-refractivity contribution in [1.29, 1.82) is 0 Å². The molecule has 2 rings (SSSR count). The zero-order valence-electron chi connectivity index (χ0n) is 12.8. The Morgan fingerprint density at radius 2 is 1.86 bits per heavy atom. The molecule has 0 spiro atoms. The van der Waals surface area contributed by atoms with Gasteiger partial charge in [0.15, 0.2) is 0 Å². The molecule has 21 heavy (non-hydrogen) atoms. The Morgan fingerprint density at radius 1 is 1.14 bits per heavy atom. The normalized spacial score (nSPS) is 21.6. The van der Waals surface area contributed by atoms with Crippen molar-refractivity contribution in [3.8, 4) is 0 Å². The molecule has 2 amide bonds. The van der Waals surface area contributed by atoms with Gasteiger partial charge >= 0.3 is 11.8 Å². The highest BCUT2D eigenvalue weighted by Crippen LogP contribution is 2.23. The summed E-state index contributed by atoms with van der Waals surface area (Å²) in [5, 5.41) is 5.59. The van der Waals surface area contributed by atoms with Crippen molar-refractivity contribution >= 4 is 17.5 Å². The number of aryl methyl sites for hydroxylation is 1. The first-order chi connectivity index (χ1) is 10.1.